The van der Waals surface area contributed by atoms with Crippen LogP contribution < -0.4 is 4.74 Å². The highest BCUT2D eigenvalue weighted by Gasteiger charge is 2.07. The van der Waals surface area contributed by atoms with Crippen molar-refractivity contribution in [3.8, 4) is 5.75 Å². The predicted molar refractivity (Wildman–Crippen MR) is 120 cm³/mol. The molecule has 27 heavy (non-hydrogen) atoms. The average Bonchev–Trinajstić information content (AvgIpc) is 2.66. The van der Waals surface area contributed by atoms with Crippen LogP contribution in [0.3, 0.4) is 0 Å². The van der Waals surface area contributed by atoms with E-state index < -0.39 is 0 Å². The van der Waals surface area contributed by atoms with Crippen molar-refractivity contribution in [2.45, 2.75) is 58.3 Å². The molecule has 3 rings (SSSR count). The molecule has 0 N–H and O–H groups in total. The largest absolute Gasteiger partial charge is 0.493 e. The Balaban J connectivity index is 1.60. The van der Waals surface area contributed by atoms with Gasteiger partial charge in [-0.3, -0.25) is 0 Å². The third-order valence-corrected chi connectivity index (χ3v) is 5.81. The number of rotatable bonds is 10. The van der Waals surface area contributed by atoms with Crippen molar-refractivity contribution in [3.63, 3.8) is 0 Å². The Kier molecular flexibility index (Phi) is 7.67. The number of ether oxygens (including phenoxy) is 1. The van der Waals surface area contributed by atoms with Crippen molar-refractivity contribution in [1.82, 2.24) is 0 Å². The highest BCUT2D eigenvalue weighted by Crippen LogP contribution is 2.34. The number of unbranched alkanes of at least 4 members (excludes halogenated alkanes) is 7. The van der Waals surface area contributed by atoms with Gasteiger partial charge in [-0.15, -0.1) is 0 Å². The van der Waals surface area contributed by atoms with Crippen LogP contribution in [-0.4, -0.2) is 6.61 Å². The summed E-state index contributed by atoms with van der Waals surface area (Å²) in [6.07, 6.45) is 10.5. The first-order chi connectivity index (χ1) is 13.2. The number of benzene rings is 3. The standard InChI is InChI=1S/C24H28Cl2O/c1-2-3-4-5-6-7-8-9-13-27-24-12-10-11-18-14-19-16-22(25)23(26)17-20(19)15-21(18)24/h10-12,14-17H,2-9,13H2,1H3. The molecule has 0 aliphatic carbocycles. The Morgan fingerprint density at radius 2 is 1.33 bits per heavy atom. The summed E-state index contributed by atoms with van der Waals surface area (Å²) in [5.74, 6) is 0.948. The number of hydrogen-bond donors (Lipinski definition) is 0. The fourth-order valence-corrected chi connectivity index (χ4v) is 3.88. The van der Waals surface area contributed by atoms with Gasteiger partial charge in [-0.2, -0.15) is 0 Å². The van der Waals surface area contributed by atoms with Crippen molar-refractivity contribution in [2.24, 2.45) is 0 Å². The van der Waals surface area contributed by atoms with E-state index in [9.17, 15) is 0 Å². The fourth-order valence-electron chi connectivity index (χ4n) is 3.54. The fraction of sp³-hybridized carbons (Fsp3) is 0.417. The highest BCUT2D eigenvalue weighted by atomic mass is 35.5. The van der Waals surface area contributed by atoms with E-state index in [2.05, 4.69) is 37.3 Å². The predicted octanol–water partition coefficient (Wildman–Crippen LogP) is 8.82. The van der Waals surface area contributed by atoms with Gasteiger partial charge in [0.1, 0.15) is 5.75 Å². The van der Waals surface area contributed by atoms with Crippen molar-refractivity contribution < 1.29 is 4.74 Å². The highest BCUT2D eigenvalue weighted by molar-refractivity contribution is 6.42. The van der Waals surface area contributed by atoms with Gasteiger partial charge < -0.3 is 4.74 Å². The lowest BCUT2D eigenvalue weighted by Crippen LogP contribution is -1.98. The lowest BCUT2D eigenvalue weighted by Gasteiger charge is -2.11. The molecule has 0 atom stereocenters. The molecular formula is C24H28Cl2O. The monoisotopic (exact) mass is 402 g/mol. The van der Waals surface area contributed by atoms with Crippen LogP contribution in [0.25, 0.3) is 21.5 Å². The summed E-state index contributed by atoms with van der Waals surface area (Å²) in [6.45, 7) is 3.03. The summed E-state index contributed by atoms with van der Waals surface area (Å²) in [7, 11) is 0. The van der Waals surface area contributed by atoms with Crippen LogP contribution in [0.1, 0.15) is 58.3 Å². The zero-order chi connectivity index (χ0) is 19.1. The molecule has 0 heterocycles. The van der Waals surface area contributed by atoms with Crippen LogP contribution in [0.15, 0.2) is 42.5 Å². The molecule has 0 fully saturated rings. The first-order valence-electron chi connectivity index (χ1n) is 10.1. The minimum absolute atomic E-state index is 0.584. The van der Waals surface area contributed by atoms with Gasteiger partial charge in [0.25, 0.3) is 0 Å². The van der Waals surface area contributed by atoms with Gasteiger partial charge in [-0.1, -0.05) is 87.2 Å². The minimum atomic E-state index is 0.584. The van der Waals surface area contributed by atoms with Gasteiger partial charge in [0.15, 0.2) is 0 Å². The van der Waals surface area contributed by atoms with Crippen LogP contribution in [0.4, 0.5) is 0 Å². The molecule has 0 unspecified atom stereocenters. The van der Waals surface area contributed by atoms with E-state index in [1.807, 2.05) is 12.1 Å². The average molecular weight is 403 g/mol. The molecule has 0 spiro atoms. The molecule has 3 aromatic carbocycles. The Hall–Kier alpha value is -1.44. The van der Waals surface area contributed by atoms with E-state index >= 15 is 0 Å². The zero-order valence-electron chi connectivity index (χ0n) is 16.1. The molecule has 0 saturated heterocycles. The van der Waals surface area contributed by atoms with E-state index in [4.69, 9.17) is 27.9 Å². The van der Waals surface area contributed by atoms with E-state index in [0.717, 1.165) is 40.3 Å². The molecule has 0 amide bonds. The second-order valence-corrected chi connectivity index (χ2v) is 8.08. The summed E-state index contributed by atoms with van der Waals surface area (Å²) >= 11 is 12.3. The first-order valence-corrected chi connectivity index (χ1v) is 10.9. The molecule has 0 aliphatic heterocycles. The summed E-state index contributed by atoms with van der Waals surface area (Å²) in [5.41, 5.74) is 0. The van der Waals surface area contributed by atoms with Crippen molar-refractivity contribution in [1.29, 1.82) is 0 Å². The van der Waals surface area contributed by atoms with E-state index in [0.29, 0.717) is 10.0 Å². The number of halogens is 2. The first kappa shape index (κ1) is 20.3. The second-order valence-electron chi connectivity index (χ2n) is 7.27. The van der Waals surface area contributed by atoms with Gasteiger partial charge in [-0.25, -0.2) is 0 Å². The van der Waals surface area contributed by atoms with Crippen LogP contribution in [-0.2, 0) is 0 Å². The van der Waals surface area contributed by atoms with Crippen LogP contribution in [0.5, 0.6) is 5.75 Å². The van der Waals surface area contributed by atoms with Gasteiger partial charge >= 0.3 is 0 Å². The maximum absolute atomic E-state index is 6.19. The smallest absolute Gasteiger partial charge is 0.127 e. The third-order valence-electron chi connectivity index (χ3n) is 5.09. The SMILES string of the molecule is CCCCCCCCCCOc1cccc2cc3cc(Cl)c(Cl)cc3cc12. The van der Waals surface area contributed by atoms with Crippen molar-refractivity contribution in [3.05, 3.63) is 52.5 Å². The molecule has 0 aromatic heterocycles. The Morgan fingerprint density at radius 1 is 0.704 bits per heavy atom. The molecule has 144 valence electrons. The van der Waals surface area contributed by atoms with Gasteiger partial charge in [0.2, 0.25) is 0 Å². The summed E-state index contributed by atoms with van der Waals surface area (Å²) in [6, 6.07) is 14.4. The Bertz CT molecular complexity index is 888. The summed E-state index contributed by atoms with van der Waals surface area (Å²) in [5, 5.41) is 5.64. The van der Waals surface area contributed by atoms with Gasteiger partial charge in [-0.05, 0) is 52.9 Å². The van der Waals surface area contributed by atoms with Crippen LogP contribution >= 0.6 is 23.2 Å². The van der Waals surface area contributed by atoms with Crippen molar-refractivity contribution in [2.75, 3.05) is 6.61 Å². The molecule has 0 saturated carbocycles. The van der Waals surface area contributed by atoms with Crippen molar-refractivity contribution >= 4 is 44.7 Å². The lowest BCUT2D eigenvalue weighted by molar-refractivity contribution is 0.307. The molecular weight excluding hydrogens is 375 g/mol. The Morgan fingerprint density at radius 3 is 2.04 bits per heavy atom. The maximum atomic E-state index is 6.19. The topological polar surface area (TPSA) is 9.23 Å². The molecule has 1 nitrogen and oxygen atoms in total. The molecule has 3 heteroatoms. The second kappa shape index (κ2) is 10.2. The zero-order valence-corrected chi connectivity index (χ0v) is 17.6. The maximum Gasteiger partial charge on any atom is 0.127 e. The summed E-state index contributed by atoms with van der Waals surface area (Å²) in [4.78, 5) is 0. The molecule has 0 aliphatic rings. The quantitative estimate of drug-likeness (QED) is 0.243. The lowest BCUT2D eigenvalue weighted by atomic mass is 10.0. The Labute approximate surface area is 172 Å². The molecule has 3 aromatic rings. The van der Waals surface area contributed by atoms with Gasteiger partial charge in [0.05, 0.1) is 16.7 Å². The minimum Gasteiger partial charge on any atom is -0.493 e. The number of hydrogen-bond acceptors (Lipinski definition) is 1. The third kappa shape index (κ3) is 5.53. The molecule has 0 bridgehead atoms. The van der Waals surface area contributed by atoms with Gasteiger partial charge in [0, 0.05) is 5.39 Å². The normalized spacial score (nSPS) is 11.4. The van der Waals surface area contributed by atoms with E-state index in [-0.39, 0.29) is 0 Å². The van der Waals surface area contributed by atoms with E-state index in [1.165, 1.54) is 44.9 Å². The van der Waals surface area contributed by atoms with E-state index in [1.54, 1.807) is 0 Å². The summed E-state index contributed by atoms with van der Waals surface area (Å²) < 4.78 is 6.11. The van der Waals surface area contributed by atoms with Crippen LogP contribution in [0.2, 0.25) is 10.0 Å². The van der Waals surface area contributed by atoms with Crippen LogP contribution in [0, 0.1) is 0 Å². The molecule has 0 radical (unpaired) electrons. The number of fused-ring (bicyclic) bond motifs is 2.